The molecule has 4 heteroatoms. The second kappa shape index (κ2) is 16.7. The number of rotatable bonds is 10. The summed E-state index contributed by atoms with van der Waals surface area (Å²) in [7, 11) is 0. The van der Waals surface area contributed by atoms with Crippen molar-refractivity contribution in [3.8, 4) is 11.1 Å². The van der Waals surface area contributed by atoms with Gasteiger partial charge in [-0.15, -0.1) is 11.3 Å². The van der Waals surface area contributed by atoms with Crippen LogP contribution in [-0.2, 0) is 22.7 Å². The highest BCUT2D eigenvalue weighted by Crippen LogP contribution is 2.51. The van der Waals surface area contributed by atoms with Gasteiger partial charge in [0.1, 0.15) is 0 Å². The minimum atomic E-state index is 0.00627. The predicted octanol–water partition coefficient (Wildman–Crippen LogP) is 17.7. The molecule has 2 nitrogen and oxygen atoms in total. The minimum Gasteiger partial charge on any atom is -0.308 e. The molecule has 1 heterocycles. The third kappa shape index (κ3) is 9.03. The van der Waals surface area contributed by atoms with E-state index in [0.717, 1.165) is 59.0 Å². The van der Waals surface area contributed by atoms with Gasteiger partial charge in [0.05, 0.1) is 27.8 Å². The first-order valence-electron chi connectivity index (χ1n) is 21.3. The smallest absolute Gasteiger partial charge is 0.0887 e. The lowest BCUT2D eigenvalue weighted by molar-refractivity contribution is 0.590. The van der Waals surface area contributed by atoms with E-state index in [1.165, 1.54) is 43.5 Å². The van der Waals surface area contributed by atoms with Gasteiger partial charge in [-0.1, -0.05) is 154 Å². The molecule has 0 fully saturated rings. The van der Waals surface area contributed by atoms with Gasteiger partial charge in [-0.05, 0) is 130 Å². The second-order valence-electron chi connectivity index (χ2n) is 19.3. The summed E-state index contributed by atoms with van der Waals surface area (Å²) in [4.78, 5) is 4.78. The van der Waals surface area contributed by atoms with Crippen molar-refractivity contribution in [2.45, 2.75) is 112 Å². The largest absolute Gasteiger partial charge is 0.308 e. The number of unbranched alkanes of at least 4 members (excludes halogenated alkanes) is 1. The molecule has 59 heavy (non-hydrogen) atoms. The molecule has 6 aromatic carbocycles. The lowest BCUT2D eigenvalue weighted by Gasteiger charge is -2.33. The molecule has 0 saturated carbocycles. The number of nitrogens with zero attached hydrogens (tertiary/aromatic N) is 2. The maximum Gasteiger partial charge on any atom is 0.0887 e. The molecule has 0 amide bonds. The quantitative estimate of drug-likeness (QED) is 0.136. The van der Waals surface area contributed by atoms with E-state index in [1.54, 1.807) is 11.3 Å². The van der Waals surface area contributed by atoms with Crippen LogP contribution < -0.4 is 9.80 Å². The number of aryl methyl sites for hydroxylation is 2. The Morgan fingerprint density at radius 2 is 1.07 bits per heavy atom. The average Bonchev–Trinajstić information content (AvgIpc) is 3.62. The summed E-state index contributed by atoms with van der Waals surface area (Å²) in [5.41, 5.74) is 15.0. The van der Waals surface area contributed by atoms with E-state index in [1.807, 2.05) is 0 Å². The molecule has 0 aliphatic heterocycles. The van der Waals surface area contributed by atoms with Crippen LogP contribution in [0.4, 0.5) is 34.1 Å². The van der Waals surface area contributed by atoms with Gasteiger partial charge < -0.3 is 9.80 Å². The fourth-order valence-electron chi connectivity index (χ4n) is 7.91. The summed E-state index contributed by atoms with van der Waals surface area (Å²) in [6.07, 6.45) is 3.35. The molecule has 1 aromatic heterocycles. The minimum absolute atomic E-state index is 0.00627. The third-order valence-electron chi connectivity index (χ3n) is 11.5. The number of halogens is 1. The Morgan fingerprint density at radius 1 is 0.542 bits per heavy atom. The van der Waals surface area contributed by atoms with Crippen molar-refractivity contribution in [3.05, 3.63) is 166 Å². The number of benzene rings is 6. The number of hydrogen-bond donors (Lipinski definition) is 0. The SMILES string of the molecule is CCCCc1ccc(N(c2ccc(C(C)(C)C)cc2)c2cc(C)cc(N(c3ccc(C(C)(C)C)cc3)c3csc4ccc(C(C)(C)C)cc34)c2Cl)c(-c2ccccc2)c1. The zero-order valence-electron chi connectivity index (χ0n) is 37.0. The summed E-state index contributed by atoms with van der Waals surface area (Å²) in [6, 6.07) is 47.5. The van der Waals surface area contributed by atoms with Crippen LogP contribution in [0.1, 0.15) is 110 Å². The molecule has 0 N–H and O–H groups in total. The normalized spacial score (nSPS) is 12.3. The molecule has 0 radical (unpaired) electrons. The number of fused-ring (bicyclic) bond motifs is 1. The van der Waals surface area contributed by atoms with Crippen LogP contribution >= 0.6 is 22.9 Å². The molecular formula is C55H61ClN2S. The fourth-order valence-corrected chi connectivity index (χ4v) is 9.10. The molecule has 0 bridgehead atoms. The molecule has 0 saturated heterocycles. The van der Waals surface area contributed by atoms with E-state index in [2.05, 4.69) is 219 Å². The number of anilines is 6. The molecule has 7 rings (SSSR count). The fraction of sp³-hybridized carbons (Fsp3) is 0.309. The predicted molar refractivity (Wildman–Crippen MR) is 261 cm³/mol. The topological polar surface area (TPSA) is 6.48 Å². The Kier molecular flexibility index (Phi) is 12.0. The van der Waals surface area contributed by atoms with Gasteiger partial charge in [0.2, 0.25) is 0 Å². The third-order valence-corrected chi connectivity index (χ3v) is 12.8. The molecule has 0 unspecified atom stereocenters. The molecule has 0 aliphatic carbocycles. The van der Waals surface area contributed by atoms with Crippen LogP contribution in [-0.4, -0.2) is 0 Å². The Morgan fingerprint density at radius 3 is 1.59 bits per heavy atom. The Hall–Kier alpha value is -4.83. The molecular weight excluding hydrogens is 756 g/mol. The van der Waals surface area contributed by atoms with Gasteiger partial charge in [-0.2, -0.15) is 0 Å². The van der Waals surface area contributed by atoms with Crippen LogP contribution in [0.3, 0.4) is 0 Å². The first-order chi connectivity index (χ1) is 27.9. The Balaban J connectivity index is 1.51. The first-order valence-corrected chi connectivity index (χ1v) is 22.5. The first kappa shape index (κ1) is 42.3. The summed E-state index contributed by atoms with van der Waals surface area (Å²) < 4.78 is 1.25. The Bertz CT molecular complexity index is 2540. The van der Waals surface area contributed by atoms with Crippen molar-refractivity contribution in [2.24, 2.45) is 0 Å². The van der Waals surface area contributed by atoms with Crippen LogP contribution in [0, 0.1) is 6.92 Å². The van der Waals surface area contributed by atoms with Crippen molar-refractivity contribution >= 4 is 67.1 Å². The second-order valence-corrected chi connectivity index (χ2v) is 20.6. The highest BCUT2D eigenvalue weighted by molar-refractivity contribution is 7.17. The molecule has 304 valence electrons. The van der Waals surface area contributed by atoms with Gasteiger partial charge in [0.15, 0.2) is 0 Å². The summed E-state index contributed by atoms with van der Waals surface area (Å²) in [6.45, 7) is 24.9. The maximum absolute atomic E-state index is 8.02. The average molecular weight is 818 g/mol. The van der Waals surface area contributed by atoms with Crippen LogP contribution in [0.2, 0.25) is 5.02 Å². The van der Waals surface area contributed by atoms with E-state index in [-0.39, 0.29) is 16.2 Å². The maximum atomic E-state index is 8.02. The Labute approximate surface area is 363 Å². The van der Waals surface area contributed by atoms with E-state index in [0.29, 0.717) is 5.02 Å². The van der Waals surface area contributed by atoms with Crippen LogP contribution in [0.15, 0.2) is 133 Å². The summed E-state index contributed by atoms with van der Waals surface area (Å²) >= 11 is 9.80. The monoisotopic (exact) mass is 816 g/mol. The van der Waals surface area contributed by atoms with Crippen molar-refractivity contribution < 1.29 is 0 Å². The standard InChI is InChI=1S/C55H61ClN2S/c1-12-13-17-38-20-30-47(45(34-38)39-18-15-14-16-19-39)57(43-26-21-40(22-27-43)53(3,4)5)48-32-37(2)33-49(52(48)56)58(44-28-23-41(24-29-44)54(6,7)8)50-36-59-51-31-25-42(35-46(50)51)55(9,10)11/h14-16,18-36H,12-13,17H2,1-11H3. The molecule has 7 aromatic rings. The zero-order valence-corrected chi connectivity index (χ0v) is 38.6. The van der Waals surface area contributed by atoms with Gasteiger partial charge in [-0.3, -0.25) is 0 Å². The van der Waals surface area contributed by atoms with Crippen LogP contribution in [0.25, 0.3) is 21.2 Å². The number of hydrogen-bond acceptors (Lipinski definition) is 3. The zero-order chi connectivity index (χ0) is 42.3. The van der Waals surface area contributed by atoms with E-state index < -0.39 is 0 Å². The van der Waals surface area contributed by atoms with E-state index in [9.17, 15) is 0 Å². The molecule has 0 spiro atoms. The van der Waals surface area contributed by atoms with Crippen molar-refractivity contribution in [1.82, 2.24) is 0 Å². The van der Waals surface area contributed by atoms with Gasteiger partial charge in [0.25, 0.3) is 0 Å². The number of thiophene rings is 1. The van der Waals surface area contributed by atoms with Crippen molar-refractivity contribution in [3.63, 3.8) is 0 Å². The van der Waals surface area contributed by atoms with Gasteiger partial charge in [0, 0.05) is 32.4 Å². The van der Waals surface area contributed by atoms with Crippen molar-refractivity contribution in [2.75, 3.05) is 9.80 Å². The lowest BCUT2D eigenvalue weighted by atomic mass is 9.86. The highest BCUT2D eigenvalue weighted by atomic mass is 35.5. The lowest BCUT2D eigenvalue weighted by Crippen LogP contribution is -2.17. The highest BCUT2D eigenvalue weighted by Gasteiger charge is 2.28. The van der Waals surface area contributed by atoms with Crippen LogP contribution in [0.5, 0.6) is 0 Å². The van der Waals surface area contributed by atoms with Gasteiger partial charge >= 0.3 is 0 Å². The van der Waals surface area contributed by atoms with E-state index >= 15 is 0 Å². The summed E-state index contributed by atoms with van der Waals surface area (Å²) in [5.74, 6) is 0. The summed E-state index contributed by atoms with van der Waals surface area (Å²) in [5, 5.41) is 4.22. The molecule has 0 atom stereocenters. The van der Waals surface area contributed by atoms with E-state index in [4.69, 9.17) is 11.6 Å². The van der Waals surface area contributed by atoms with Crippen molar-refractivity contribution in [1.29, 1.82) is 0 Å². The van der Waals surface area contributed by atoms with Gasteiger partial charge in [-0.25, -0.2) is 0 Å². The molecule has 0 aliphatic rings.